The van der Waals surface area contributed by atoms with Crippen LogP contribution in [-0.2, 0) is 19.5 Å². The van der Waals surface area contributed by atoms with Crippen LogP contribution in [0.15, 0.2) is 29.2 Å². The van der Waals surface area contributed by atoms with Crippen LogP contribution in [0.3, 0.4) is 0 Å². The molecule has 1 aromatic rings. The van der Waals surface area contributed by atoms with Crippen molar-refractivity contribution in [3.8, 4) is 0 Å². The van der Waals surface area contributed by atoms with E-state index in [2.05, 4.69) is 4.72 Å². The van der Waals surface area contributed by atoms with Crippen LogP contribution in [-0.4, -0.2) is 40.9 Å². The maximum absolute atomic E-state index is 12.3. The lowest BCUT2D eigenvalue weighted by molar-refractivity contribution is -0.0120. The summed E-state index contributed by atoms with van der Waals surface area (Å²) in [5, 5.41) is 0. The van der Waals surface area contributed by atoms with Gasteiger partial charge in [0.25, 0.3) is 0 Å². The molecule has 0 spiro atoms. The number of hydrogen-bond acceptors (Lipinski definition) is 5. The van der Waals surface area contributed by atoms with Gasteiger partial charge in [-0.25, -0.2) is 13.1 Å². The molecule has 2 unspecified atom stereocenters. The molecule has 2 rings (SSSR count). The smallest absolute Gasteiger partial charge is 0.240 e. The van der Waals surface area contributed by atoms with Gasteiger partial charge >= 0.3 is 0 Å². The number of ether oxygens (including phenoxy) is 2. The maximum atomic E-state index is 12.3. The third-order valence-corrected chi connectivity index (χ3v) is 5.22. The fourth-order valence-corrected chi connectivity index (χ4v) is 3.34. The zero-order chi connectivity index (χ0) is 15.5. The van der Waals surface area contributed by atoms with Crippen molar-refractivity contribution in [1.29, 1.82) is 0 Å². The van der Waals surface area contributed by atoms with Crippen LogP contribution in [0.4, 0.5) is 0 Å². The summed E-state index contributed by atoms with van der Waals surface area (Å²) in [7, 11) is -1.99. The Labute approximate surface area is 125 Å². The molecule has 0 aromatic heterocycles. The van der Waals surface area contributed by atoms with E-state index in [1.165, 1.54) is 0 Å². The van der Waals surface area contributed by atoms with E-state index in [-0.39, 0.29) is 17.5 Å². The number of rotatable bonds is 6. The van der Waals surface area contributed by atoms with Crippen LogP contribution in [0.2, 0.25) is 0 Å². The van der Waals surface area contributed by atoms with Gasteiger partial charge in [-0.05, 0) is 24.6 Å². The highest BCUT2D eigenvalue weighted by Gasteiger charge is 2.36. The Morgan fingerprint density at radius 3 is 2.57 bits per heavy atom. The molecule has 1 fully saturated rings. The van der Waals surface area contributed by atoms with Gasteiger partial charge in [0.15, 0.2) is 0 Å². The average Bonchev–Trinajstić information content (AvgIpc) is 2.95. The first-order valence-corrected chi connectivity index (χ1v) is 8.35. The van der Waals surface area contributed by atoms with Crippen LogP contribution >= 0.6 is 0 Å². The van der Waals surface area contributed by atoms with Crippen LogP contribution in [0, 0.1) is 0 Å². The van der Waals surface area contributed by atoms with Crippen LogP contribution in [0.1, 0.15) is 24.9 Å². The van der Waals surface area contributed by atoms with Gasteiger partial charge in [-0.1, -0.05) is 12.1 Å². The fourth-order valence-electron chi connectivity index (χ4n) is 2.22. The molecule has 3 N–H and O–H groups in total. The van der Waals surface area contributed by atoms with Crippen molar-refractivity contribution in [3.63, 3.8) is 0 Å². The highest BCUT2D eigenvalue weighted by molar-refractivity contribution is 7.89. The predicted octanol–water partition coefficient (Wildman–Crippen LogP) is 0.790. The molecule has 0 bridgehead atoms. The average molecular weight is 314 g/mol. The van der Waals surface area contributed by atoms with Crippen molar-refractivity contribution in [1.82, 2.24) is 4.72 Å². The van der Waals surface area contributed by atoms with Gasteiger partial charge in [-0.3, -0.25) is 0 Å². The minimum atomic E-state index is -3.56. The van der Waals surface area contributed by atoms with E-state index < -0.39 is 15.6 Å². The minimum Gasteiger partial charge on any atom is -0.378 e. The Hall–Kier alpha value is -0.990. The SMILES string of the molecule is COC1(CNS(=O)(=O)c2ccc(C(C)N)cc2)CCOC1. The first kappa shape index (κ1) is 16.4. The predicted molar refractivity (Wildman–Crippen MR) is 79.4 cm³/mol. The summed E-state index contributed by atoms with van der Waals surface area (Å²) in [6.45, 7) is 3.03. The van der Waals surface area contributed by atoms with Gasteiger partial charge in [0.1, 0.15) is 5.60 Å². The third-order valence-electron chi connectivity index (χ3n) is 3.80. The number of nitrogens with one attached hydrogen (secondary N) is 1. The van der Waals surface area contributed by atoms with Crippen LogP contribution < -0.4 is 10.5 Å². The Bertz CT molecular complexity index is 563. The number of methoxy groups -OCH3 is 1. The zero-order valence-electron chi connectivity index (χ0n) is 12.3. The Morgan fingerprint density at radius 1 is 1.43 bits per heavy atom. The molecule has 0 aliphatic carbocycles. The number of nitrogens with two attached hydrogens (primary N) is 1. The third kappa shape index (κ3) is 3.81. The molecule has 21 heavy (non-hydrogen) atoms. The Balaban J connectivity index is 2.07. The van der Waals surface area contributed by atoms with Gasteiger partial charge in [-0.2, -0.15) is 0 Å². The molecule has 1 heterocycles. The summed E-state index contributed by atoms with van der Waals surface area (Å²) < 4.78 is 37.9. The molecule has 1 saturated heterocycles. The van der Waals surface area contributed by atoms with Gasteiger partial charge < -0.3 is 15.2 Å². The number of benzene rings is 1. The maximum Gasteiger partial charge on any atom is 0.240 e. The lowest BCUT2D eigenvalue weighted by atomic mass is 10.0. The fraction of sp³-hybridized carbons (Fsp3) is 0.571. The van der Waals surface area contributed by atoms with Gasteiger partial charge in [0.05, 0.1) is 11.5 Å². The topological polar surface area (TPSA) is 90.7 Å². The van der Waals surface area contributed by atoms with Crippen molar-refractivity contribution in [3.05, 3.63) is 29.8 Å². The summed E-state index contributed by atoms with van der Waals surface area (Å²) >= 11 is 0. The lowest BCUT2D eigenvalue weighted by Crippen LogP contribution is -2.44. The van der Waals surface area contributed by atoms with Gasteiger partial charge in [0.2, 0.25) is 10.0 Å². The second-order valence-electron chi connectivity index (χ2n) is 5.37. The van der Waals surface area contributed by atoms with Crippen molar-refractivity contribution < 1.29 is 17.9 Å². The van der Waals surface area contributed by atoms with Crippen molar-refractivity contribution in [2.45, 2.75) is 29.9 Å². The van der Waals surface area contributed by atoms with Gasteiger partial charge in [-0.15, -0.1) is 0 Å². The number of sulfonamides is 1. The minimum absolute atomic E-state index is 0.123. The van der Waals surface area contributed by atoms with Crippen molar-refractivity contribution in [2.24, 2.45) is 5.73 Å². The van der Waals surface area contributed by atoms with Crippen LogP contribution in [0.25, 0.3) is 0 Å². The molecule has 0 radical (unpaired) electrons. The summed E-state index contributed by atoms with van der Waals surface area (Å²) in [6, 6.07) is 6.45. The first-order valence-electron chi connectivity index (χ1n) is 6.87. The summed E-state index contributed by atoms with van der Waals surface area (Å²) in [5.74, 6) is 0. The molecule has 1 aliphatic heterocycles. The Kier molecular flexibility index (Phi) is 5.00. The zero-order valence-corrected chi connectivity index (χ0v) is 13.2. The molecular weight excluding hydrogens is 292 g/mol. The molecule has 1 aromatic carbocycles. The second-order valence-corrected chi connectivity index (χ2v) is 7.14. The monoisotopic (exact) mass is 314 g/mol. The van der Waals surface area contributed by atoms with E-state index >= 15 is 0 Å². The summed E-state index contributed by atoms with van der Waals surface area (Å²) in [4.78, 5) is 0.220. The van der Waals surface area contributed by atoms with E-state index in [1.807, 2.05) is 6.92 Å². The highest BCUT2D eigenvalue weighted by Crippen LogP contribution is 2.22. The van der Waals surface area contributed by atoms with E-state index in [1.54, 1.807) is 31.4 Å². The summed E-state index contributed by atoms with van der Waals surface area (Å²) in [6.07, 6.45) is 0.676. The molecule has 118 valence electrons. The molecular formula is C14H22N2O4S. The molecule has 0 amide bonds. The molecule has 0 saturated carbocycles. The molecule has 7 heteroatoms. The standard InChI is InChI=1S/C14H22N2O4S/c1-11(15)12-3-5-13(6-4-12)21(17,18)16-9-14(19-2)7-8-20-10-14/h3-6,11,16H,7-10,15H2,1-2H3. The van der Waals surface area contributed by atoms with E-state index in [0.717, 1.165) is 5.56 Å². The van der Waals surface area contributed by atoms with Crippen molar-refractivity contribution in [2.75, 3.05) is 26.9 Å². The van der Waals surface area contributed by atoms with E-state index in [9.17, 15) is 8.42 Å². The van der Waals surface area contributed by atoms with E-state index in [0.29, 0.717) is 19.6 Å². The second kappa shape index (κ2) is 6.41. The first-order chi connectivity index (χ1) is 9.88. The normalized spacial score (nSPS) is 24.1. The largest absolute Gasteiger partial charge is 0.378 e. The lowest BCUT2D eigenvalue weighted by Gasteiger charge is -2.25. The Morgan fingerprint density at radius 2 is 2.10 bits per heavy atom. The van der Waals surface area contributed by atoms with Crippen molar-refractivity contribution >= 4 is 10.0 Å². The quantitative estimate of drug-likeness (QED) is 0.810. The number of hydrogen-bond donors (Lipinski definition) is 2. The summed E-state index contributed by atoms with van der Waals surface area (Å²) in [5.41, 5.74) is 6.08. The molecule has 1 aliphatic rings. The molecule has 2 atom stereocenters. The van der Waals surface area contributed by atoms with E-state index in [4.69, 9.17) is 15.2 Å². The highest BCUT2D eigenvalue weighted by atomic mass is 32.2. The molecule has 6 nitrogen and oxygen atoms in total. The van der Waals surface area contributed by atoms with Gasteiger partial charge in [0, 0.05) is 32.7 Å². The van der Waals surface area contributed by atoms with Crippen LogP contribution in [0.5, 0.6) is 0 Å².